The first-order chi connectivity index (χ1) is 13.7. The minimum Gasteiger partial charge on any atom is -0.496 e. The molecule has 1 atom stereocenters. The Morgan fingerprint density at radius 1 is 1.00 bits per heavy atom. The topological polar surface area (TPSA) is 51.7 Å². The number of amides is 1. The highest BCUT2D eigenvalue weighted by Gasteiger charge is 2.34. The molecule has 0 fully saturated rings. The zero-order chi connectivity index (χ0) is 19.5. The van der Waals surface area contributed by atoms with Crippen LogP contribution < -0.4 is 9.47 Å². The van der Waals surface area contributed by atoms with Crippen LogP contribution in [0.2, 0.25) is 0 Å². The lowest BCUT2D eigenvalue weighted by Crippen LogP contribution is -2.41. The molecule has 3 aromatic rings. The number of carbonyl (C=O) groups excluding carboxylic acids is 1. The summed E-state index contributed by atoms with van der Waals surface area (Å²) in [4.78, 5) is 19.9. The maximum atomic E-state index is 13.7. The van der Waals surface area contributed by atoms with E-state index >= 15 is 0 Å². The third-order valence-corrected chi connectivity index (χ3v) is 5.19. The molecule has 2 heterocycles. The second-order valence-electron chi connectivity index (χ2n) is 6.67. The van der Waals surface area contributed by atoms with Crippen LogP contribution in [-0.2, 0) is 6.42 Å². The van der Waals surface area contributed by atoms with Gasteiger partial charge < -0.3 is 14.4 Å². The molecule has 0 radical (unpaired) electrons. The molecule has 1 aliphatic heterocycles. The minimum atomic E-state index is -0.208. The van der Waals surface area contributed by atoms with Crippen molar-refractivity contribution < 1.29 is 14.3 Å². The lowest BCUT2D eigenvalue weighted by atomic mass is 9.88. The maximum Gasteiger partial charge on any atom is 0.262 e. The van der Waals surface area contributed by atoms with Crippen molar-refractivity contribution >= 4 is 5.91 Å². The number of hydrogen-bond donors (Lipinski definition) is 0. The van der Waals surface area contributed by atoms with Crippen molar-refractivity contribution in [3.63, 3.8) is 0 Å². The quantitative estimate of drug-likeness (QED) is 0.695. The van der Waals surface area contributed by atoms with Crippen LogP contribution in [0.5, 0.6) is 11.5 Å². The summed E-state index contributed by atoms with van der Waals surface area (Å²) in [5.41, 5.74) is 3.81. The van der Waals surface area contributed by atoms with E-state index in [1.807, 2.05) is 41.4 Å². The van der Waals surface area contributed by atoms with Crippen LogP contribution in [0.3, 0.4) is 0 Å². The smallest absolute Gasteiger partial charge is 0.262 e. The van der Waals surface area contributed by atoms with Crippen LogP contribution in [0.4, 0.5) is 0 Å². The molecule has 0 N–H and O–H groups in total. The fourth-order valence-corrected chi connectivity index (χ4v) is 3.89. The second-order valence-corrected chi connectivity index (χ2v) is 6.67. The van der Waals surface area contributed by atoms with Gasteiger partial charge in [-0.3, -0.25) is 9.78 Å². The van der Waals surface area contributed by atoms with Crippen LogP contribution in [0.15, 0.2) is 67.0 Å². The van der Waals surface area contributed by atoms with Crippen molar-refractivity contribution in [1.82, 2.24) is 9.88 Å². The van der Waals surface area contributed by atoms with Crippen molar-refractivity contribution in [2.45, 2.75) is 12.5 Å². The normalized spacial score (nSPS) is 15.6. The largest absolute Gasteiger partial charge is 0.496 e. The number of hydrogen-bond acceptors (Lipinski definition) is 4. The fraction of sp³-hybridized carbons (Fsp3) is 0.217. The summed E-state index contributed by atoms with van der Waals surface area (Å²) in [5.74, 6) is 0.902. The molecule has 0 spiro atoms. The molecule has 28 heavy (non-hydrogen) atoms. The van der Waals surface area contributed by atoms with Gasteiger partial charge in [-0.05, 0) is 41.3 Å². The number of methoxy groups -OCH3 is 2. The Morgan fingerprint density at radius 2 is 1.75 bits per heavy atom. The molecule has 1 aliphatic rings. The maximum absolute atomic E-state index is 13.7. The molecule has 1 amide bonds. The molecule has 1 unspecified atom stereocenters. The van der Waals surface area contributed by atoms with Crippen LogP contribution >= 0.6 is 0 Å². The number of ether oxygens (including phenoxy) is 2. The van der Waals surface area contributed by atoms with Gasteiger partial charge in [-0.15, -0.1) is 0 Å². The average Bonchev–Trinajstić information content (AvgIpc) is 2.77. The first kappa shape index (κ1) is 18.0. The molecule has 5 heteroatoms. The number of aromatic nitrogens is 1. The van der Waals surface area contributed by atoms with Gasteiger partial charge in [0.15, 0.2) is 0 Å². The zero-order valence-corrected chi connectivity index (χ0v) is 16.0. The third kappa shape index (κ3) is 3.09. The molecular formula is C23H22N2O3. The second kappa shape index (κ2) is 7.72. The molecule has 142 valence electrons. The standard InChI is InChI=1S/C23H22N2O3/c1-27-19-10-5-11-20(28-2)21(19)23(26)25-14-12-16-7-3-4-9-18(16)22(25)17-8-6-13-24-15-17/h3-11,13,15,22H,12,14H2,1-2H3. The molecule has 4 rings (SSSR count). The molecular weight excluding hydrogens is 352 g/mol. The lowest BCUT2D eigenvalue weighted by molar-refractivity contribution is 0.0687. The number of benzene rings is 2. The molecule has 0 saturated carbocycles. The van der Waals surface area contributed by atoms with Gasteiger partial charge in [-0.2, -0.15) is 0 Å². The summed E-state index contributed by atoms with van der Waals surface area (Å²) in [6.45, 7) is 0.608. The molecule has 0 aliphatic carbocycles. The van der Waals surface area contributed by atoms with Gasteiger partial charge in [0.1, 0.15) is 17.1 Å². The number of nitrogens with zero attached hydrogens (tertiary/aromatic N) is 2. The van der Waals surface area contributed by atoms with E-state index in [2.05, 4.69) is 17.1 Å². The number of pyridine rings is 1. The Kier molecular flexibility index (Phi) is 4.98. The minimum absolute atomic E-state index is 0.113. The number of fused-ring (bicyclic) bond motifs is 1. The van der Waals surface area contributed by atoms with Gasteiger partial charge >= 0.3 is 0 Å². The summed E-state index contributed by atoms with van der Waals surface area (Å²) in [7, 11) is 3.13. The average molecular weight is 374 g/mol. The summed E-state index contributed by atoms with van der Waals surface area (Å²) < 4.78 is 10.9. The SMILES string of the molecule is COc1cccc(OC)c1C(=O)N1CCc2ccccc2C1c1cccnc1. The first-order valence-corrected chi connectivity index (χ1v) is 9.24. The van der Waals surface area contributed by atoms with Crippen LogP contribution in [0.25, 0.3) is 0 Å². The summed E-state index contributed by atoms with van der Waals surface area (Å²) >= 11 is 0. The van der Waals surface area contributed by atoms with Crippen LogP contribution in [0, 0.1) is 0 Å². The summed E-state index contributed by atoms with van der Waals surface area (Å²) in [6.07, 6.45) is 4.37. The Hall–Kier alpha value is -3.34. The predicted molar refractivity (Wildman–Crippen MR) is 107 cm³/mol. The van der Waals surface area contributed by atoms with E-state index in [1.165, 1.54) is 5.56 Å². The summed E-state index contributed by atoms with van der Waals surface area (Å²) in [6, 6.07) is 17.4. The highest BCUT2D eigenvalue weighted by molar-refractivity contribution is 6.00. The number of rotatable bonds is 4. The molecule has 5 nitrogen and oxygen atoms in total. The van der Waals surface area contributed by atoms with Crippen LogP contribution in [-0.4, -0.2) is 36.6 Å². The summed E-state index contributed by atoms with van der Waals surface area (Å²) in [5, 5.41) is 0. The molecule has 0 saturated heterocycles. The van der Waals surface area contributed by atoms with Crippen LogP contribution in [0.1, 0.15) is 33.1 Å². The number of carbonyl (C=O) groups is 1. The molecule has 0 bridgehead atoms. The molecule has 1 aromatic heterocycles. The van der Waals surface area contributed by atoms with Gasteiger partial charge in [0.05, 0.1) is 20.3 Å². The highest BCUT2D eigenvalue weighted by atomic mass is 16.5. The third-order valence-electron chi connectivity index (χ3n) is 5.19. The Bertz CT molecular complexity index is 966. The Morgan fingerprint density at radius 3 is 2.43 bits per heavy atom. The van der Waals surface area contributed by atoms with Gasteiger partial charge in [0, 0.05) is 18.9 Å². The fourth-order valence-electron chi connectivity index (χ4n) is 3.89. The highest BCUT2D eigenvalue weighted by Crippen LogP contribution is 2.38. The van der Waals surface area contributed by atoms with E-state index in [4.69, 9.17) is 9.47 Å². The van der Waals surface area contributed by atoms with Crippen molar-refractivity contribution in [2.75, 3.05) is 20.8 Å². The molecule has 2 aromatic carbocycles. The van der Waals surface area contributed by atoms with Gasteiger partial charge in [0.2, 0.25) is 0 Å². The van der Waals surface area contributed by atoms with E-state index in [0.717, 1.165) is 17.5 Å². The van der Waals surface area contributed by atoms with E-state index < -0.39 is 0 Å². The van der Waals surface area contributed by atoms with E-state index in [9.17, 15) is 4.79 Å². The van der Waals surface area contributed by atoms with E-state index in [-0.39, 0.29) is 11.9 Å². The van der Waals surface area contributed by atoms with Crippen molar-refractivity contribution in [3.8, 4) is 11.5 Å². The Balaban J connectivity index is 1.84. The predicted octanol–water partition coefficient (Wildman–Crippen LogP) is 3.89. The lowest BCUT2D eigenvalue weighted by Gasteiger charge is -2.38. The van der Waals surface area contributed by atoms with E-state index in [1.54, 1.807) is 32.5 Å². The van der Waals surface area contributed by atoms with Crippen molar-refractivity contribution in [2.24, 2.45) is 0 Å². The van der Waals surface area contributed by atoms with E-state index in [0.29, 0.717) is 23.6 Å². The van der Waals surface area contributed by atoms with Gasteiger partial charge in [-0.25, -0.2) is 0 Å². The Labute approximate surface area is 164 Å². The van der Waals surface area contributed by atoms with Crippen molar-refractivity contribution in [3.05, 3.63) is 89.2 Å². The monoisotopic (exact) mass is 374 g/mol. The first-order valence-electron chi connectivity index (χ1n) is 9.24. The zero-order valence-electron chi connectivity index (χ0n) is 16.0. The van der Waals surface area contributed by atoms with Gasteiger partial charge in [-0.1, -0.05) is 36.4 Å². The van der Waals surface area contributed by atoms with Gasteiger partial charge in [0.25, 0.3) is 5.91 Å². The van der Waals surface area contributed by atoms with Crippen molar-refractivity contribution in [1.29, 1.82) is 0 Å².